The molecule has 0 aliphatic carbocycles. The van der Waals surface area contributed by atoms with E-state index in [0.717, 1.165) is 19.3 Å². The first-order valence-corrected chi connectivity index (χ1v) is 4.76. The van der Waals surface area contributed by atoms with Crippen LogP contribution in [0.1, 0.15) is 26.2 Å². The normalized spacial score (nSPS) is 31.2. The van der Waals surface area contributed by atoms with Crippen LogP contribution >= 0.6 is 0 Å². The monoisotopic (exact) mass is 175 g/mol. The summed E-state index contributed by atoms with van der Waals surface area (Å²) in [4.78, 5) is 2.06. The van der Waals surface area contributed by atoms with Gasteiger partial charge in [0.2, 0.25) is 0 Å². The van der Waals surface area contributed by atoms with Crippen LogP contribution in [0.2, 0.25) is 0 Å². The number of aliphatic hydroxyl groups is 1. The van der Waals surface area contributed by atoms with Crippen molar-refractivity contribution in [2.45, 2.75) is 38.3 Å². The zero-order valence-electron chi connectivity index (χ0n) is 7.67. The minimum absolute atomic E-state index is 0.229. The number of likely N-dealkylation sites (tertiary alicyclic amines) is 1. The number of rotatable bonds is 4. The van der Waals surface area contributed by atoms with Gasteiger partial charge in [-0.25, -0.2) is 4.39 Å². The molecule has 2 nitrogen and oxygen atoms in total. The third kappa shape index (κ3) is 2.42. The predicted octanol–water partition coefficient (Wildman–Crippen LogP) is 1.19. The lowest BCUT2D eigenvalue weighted by molar-refractivity contribution is 0.170. The van der Waals surface area contributed by atoms with E-state index in [1.807, 2.05) is 0 Å². The molecule has 0 aromatic carbocycles. The van der Waals surface area contributed by atoms with Crippen LogP contribution in [0.15, 0.2) is 0 Å². The Morgan fingerprint density at radius 2 is 2.33 bits per heavy atom. The lowest BCUT2D eigenvalue weighted by atomic mass is 10.1. The fourth-order valence-corrected chi connectivity index (χ4v) is 1.97. The van der Waals surface area contributed by atoms with Gasteiger partial charge < -0.3 is 5.11 Å². The summed E-state index contributed by atoms with van der Waals surface area (Å²) >= 11 is 0. The van der Waals surface area contributed by atoms with Crippen LogP contribution in [0.3, 0.4) is 0 Å². The van der Waals surface area contributed by atoms with Gasteiger partial charge in [-0.15, -0.1) is 0 Å². The number of halogens is 1. The lowest BCUT2D eigenvalue weighted by Gasteiger charge is -2.21. The number of nitrogens with zero attached hydrogens (tertiary/aromatic N) is 1. The summed E-state index contributed by atoms with van der Waals surface area (Å²) in [7, 11) is 0. The van der Waals surface area contributed by atoms with Crippen LogP contribution in [0.25, 0.3) is 0 Å². The van der Waals surface area contributed by atoms with E-state index in [2.05, 4.69) is 11.8 Å². The van der Waals surface area contributed by atoms with Crippen molar-refractivity contribution in [3.63, 3.8) is 0 Å². The second kappa shape index (κ2) is 4.77. The van der Waals surface area contributed by atoms with Crippen molar-refractivity contribution in [2.75, 3.05) is 19.8 Å². The second-order valence-corrected chi connectivity index (χ2v) is 3.52. The highest BCUT2D eigenvalue weighted by Gasteiger charge is 2.29. The number of β-amino-alcohol motifs (C(OH)–C–C–N with tert-alkyl or cyclic N) is 1. The molecule has 0 radical (unpaired) electrons. The molecule has 1 rings (SSSR count). The SMILES string of the molecule is CCC[C@H]1C[C@H](O)CN1CCF. The largest absolute Gasteiger partial charge is 0.392 e. The first-order chi connectivity index (χ1) is 5.77. The molecule has 1 heterocycles. The highest BCUT2D eigenvalue weighted by atomic mass is 19.1. The summed E-state index contributed by atoms with van der Waals surface area (Å²) in [6.07, 6.45) is 2.79. The number of hydrogen-bond donors (Lipinski definition) is 1. The number of alkyl halides is 1. The van der Waals surface area contributed by atoms with E-state index in [9.17, 15) is 9.50 Å². The molecule has 12 heavy (non-hydrogen) atoms. The molecule has 0 amide bonds. The van der Waals surface area contributed by atoms with Crippen LogP contribution in [-0.4, -0.2) is 41.9 Å². The van der Waals surface area contributed by atoms with Gasteiger partial charge >= 0.3 is 0 Å². The summed E-state index contributed by atoms with van der Waals surface area (Å²) in [6, 6.07) is 0.417. The zero-order chi connectivity index (χ0) is 8.97. The highest BCUT2D eigenvalue weighted by Crippen LogP contribution is 2.21. The van der Waals surface area contributed by atoms with E-state index in [0.29, 0.717) is 19.1 Å². The maximum absolute atomic E-state index is 12.1. The topological polar surface area (TPSA) is 23.5 Å². The molecule has 0 spiro atoms. The molecular weight excluding hydrogens is 157 g/mol. The van der Waals surface area contributed by atoms with Crippen molar-refractivity contribution in [3.05, 3.63) is 0 Å². The summed E-state index contributed by atoms with van der Waals surface area (Å²) in [5, 5.41) is 9.36. The zero-order valence-corrected chi connectivity index (χ0v) is 7.67. The van der Waals surface area contributed by atoms with Crippen LogP contribution in [-0.2, 0) is 0 Å². The van der Waals surface area contributed by atoms with E-state index in [1.165, 1.54) is 0 Å². The van der Waals surface area contributed by atoms with Gasteiger partial charge in [0.15, 0.2) is 0 Å². The fourth-order valence-electron chi connectivity index (χ4n) is 1.97. The summed E-state index contributed by atoms with van der Waals surface area (Å²) in [5.74, 6) is 0. The Hall–Kier alpha value is -0.150. The van der Waals surface area contributed by atoms with Gasteiger partial charge in [-0.2, -0.15) is 0 Å². The molecule has 0 unspecified atom stereocenters. The Morgan fingerprint density at radius 3 is 2.92 bits per heavy atom. The molecule has 2 atom stereocenters. The Bertz CT molecular complexity index is 118. The standard InChI is InChI=1S/C9H18FNO/c1-2-3-8-6-9(12)7-11(8)5-4-10/h8-9,12H,2-7H2,1H3/t8-,9-/m0/s1. The smallest absolute Gasteiger partial charge is 0.102 e. The minimum Gasteiger partial charge on any atom is -0.392 e. The second-order valence-electron chi connectivity index (χ2n) is 3.52. The maximum Gasteiger partial charge on any atom is 0.102 e. The van der Waals surface area contributed by atoms with E-state index in [4.69, 9.17) is 0 Å². The highest BCUT2D eigenvalue weighted by molar-refractivity contribution is 4.84. The maximum atomic E-state index is 12.1. The van der Waals surface area contributed by atoms with Gasteiger partial charge in [0.25, 0.3) is 0 Å². The van der Waals surface area contributed by atoms with Gasteiger partial charge in [0.05, 0.1) is 6.10 Å². The van der Waals surface area contributed by atoms with E-state index < -0.39 is 0 Å². The number of hydrogen-bond acceptors (Lipinski definition) is 2. The van der Waals surface area contributed by atoms with Gasteiger partial charge in [-0.3, -0.25) is 4.90 Å². The third-order valence-electron chi connectivity index (χ3n) is 2.50. The number of aliphatic hydroxyl groups excluding tert-OH is 1. The first-order valence-electron chi connectivity index (χ1n) is 4.76. The van der Waals surface area contributed by atoms with Gasteiger partial charge in [-0.1, -0.05) is 13.3 Å². The molecule has 0 aromatic rings. The quantitative estimate of drug-likeness (QED) is 0.693. The Balaban J connectivity index is 2.36. The van der Waals surface area contributed by atoms with Crippen molar-refractivity contribution < 1.29 is 9.50 Å². The Morgan fingerprint density at radius 1 is 1.58 bits per heavy atom. The van der Waals surface area contributed by atoms with Gasteiger partial charge in [-0.05, 0) is 12.8 Å². The first kappa shape index (κ1) is 9.93. The van der Waals surface area contributed by atoms with E-state index in [-0.39, 0.29) is 12.8 Å². The van der Waals surface area contributed by atoms with Crippen LogP contribution in [0.4, 0.5) is 4.39 Å². The van der Waals surface area contributed by atoms with Crippen LogP contribution in [0, 0.1) is 0 Å². The molecule has 3 heteroatoms. The fraction of sp³-hybridized carbons (Fsp3) is 1.00. The molecule has 72 valence electrons. The average Bonchev–Trinajstić information content (AvgIpc) is 2.33. The molecule has 0 saturated carbocycles. The molecule has 1 N–H and O–H groups in total. The van der Waals surface area contributed by atoms with Crippen molar-refractivity contribution in [3.8, 4) is 0 Å². The van der Waals surface area contributed by atoms with Gasteiger partial charge in [0.1, 0.15) is 6.67 Å². The third-order valence-corrected chi connectivity index (χ3v) is 2.50. The van der Waals surface area contributed by atoms with Crippen molar-refractivity contribution >= 4 is 0 Å². The summed E-state index contributed by atoms with van der Waals surface area (Å²) in [5.41, 5.74) is 0. The van der Waals surface area contributed by atoms with E-state index >= 15 is 0 Å². The van der Waals surface area contributed by atoms with Gasteiger partial charge in [0, 0.05) is 19.1 Å². The minimum atomic E-state index is -0.299. The summed E-state index contributed by atoms with van der Waals surface area (Å²) < 4.78 is 12.1. The predicted molar refractivity (Wildman–Crippen MR) is 46.9 cm³/mol. The Kier molecular flexibility index (Phi) is 3.95. The molecule has 1 saturated heterocycles. The van der Waals surface area contributed by atoms with Crippen molar-refractivity contribution in [2.24, 2.45) is 0 Å². The van der Waals surface area contributed by atoms with Crippen molar-refractivity contribution in [1.82, 2.24) is 4.90 Å². The average molecular weight is 175 g/mol. The van der Waals surface area contributed by atoms with E-state index in [1.54, 1.807) is 0 Å². The molecule has 1 aliphatic rings. The molecule has 0 bridgehead atoms. The molecule has 1 aliphatic heterocycles. The van der Waals surface area contributed by atoms with Crippen LogP contribution in [0.5, 0.6) is 0 Å². The summed E-state index contributed by atoms with van der Waals surface area (Å²) in [6.45, 7) is 2.97. The molecule has 0 aromatic heterocycles. The molecule has 1 fully saturated rings. The van der Waals surface area contributed by atoms with Crippen molar-refractivity contribution in [1.29, 1.82) is 0 Å². The lowest BCUT2D eigenvalue weighted by Crippen LogP contribution is -2.31. The van der Waals surface area contributed by atoms with Crippen LogP contribution < -0.4 is 0 Å². The molecular formula is C9H18FNO. The Labute approximate surface area is 73.4 Å².